The fourth-order valence-corrected chi connectivity index (χ4v) is 3.25. The normalized spacial score (nSPS) is 11.0. The van der Waals surface area contributed by atoms with Crippen molar-refractivity contribution in [1.82, 2.24) is 9.38 Å². The van der Waals surface area contributed by atoms with Gasteiger partial charge in [-0.05, 0) is 25.1 Å². The van der Waals surface area contributed by atoms with Crippen LogP contribution in [0.5, 0.6) is 11.5 Å². The van der Waals surface area contributed by atoms with Gasteiger partial charge in [0.1, 0.15) is 0 Å². The van der Waals surface area contributed by atoms with E-state index in [1.807, 2.05) is 18.2 Å². The van der Waals surface area contributed by atoms with E-state index in [9.17, 15) is 0 Å². The molecule has 0 saturated carbocycles. The number of hydrogen-bond donors (Lipinski definition) is 1. The summed E-state index contributed by atoms with van der Waals surface area (Å²) in [5.74, 6) is 1.39. The standard InChI is InChI=1S/C15H17N3O2S/c1-9-8-18-11(7-16)14(17-15(18)21-9)10-4-5-12(19-2)13(6-10)20-3/h4-6,8H,7,16H2,1-3H3. The van der Waals surface area contributed by atoms with Crippen molar-refractivity contribution in [3.8, 4) is 22.8 Å². The third-order valence-electron chi connectivity index (χ3n) is 3.39. The van der Waals surface area contributed by atoms with Gasteiger partial charge in [-0.2, -0.15) is 0 Å². The van der Waals surface area contributed by atoms with Crippen molar-refractivity contribution in [2.24, 2.45) is 5.73 Å². The van der Waals surface area contributed by atoms with Crippen molar-refractivity contribution in [1.29, 1.82) is 0 Å². The molecule has 0 aliphatic rings. The highest BCUT2D eigenvalue weighted by Crippen LogP contribution is 2.34. The van der Waals surface area contributed by atoms with Gasteiger partial charge < -0.3 is 15.2 Å². The van der Waals surface area contributed by atoms with E-state index in [4.69, 9.17) is 20.2 Å². The summed E-state index contributed by atoms with van der Waals surface area (Å²) < 4.78 is 12.7. The lowest BCUT2D eigenvalue weighted by Gasteiger charge is -2.09. The smallest absolute Gasteiger partial charge is 0.194 e. The Bertz CT molecular complexity index is 792. The van der Waals surface area contributed by atoms with Crippen molar-refractivity contribution in [2.75, 3.05) is 14.2 Å². The SMILES string of the molecule is COc1ccc(-c2nc3sc(C)cn3c2CN)cc1OC. The molecular formula is C15H17N3O2S. The fourth-order valence-electron chi connectivity index (χ4n) is 2.41. The Morgan fingerprint density at radius 1 is 1.24 bits per heavy atom. The molecule has 0 aliphatic carbocycles. The minimum absolute atomic E-state index is 0.432. The molecule has 0 saturated heterocycles. The molecule has 3 rings (SSSR count). The Hall–Kier alpha value is -2.05. The quantitative estimate of drug-likeness (QED) is 0.805. The first kappa shape index (κ1) is 13.9. The zero-order valence-electron chi connectivity index (χ0n) is 12.2. The maximum atomic E-state index is 5.92. The van der Waals surface area contributed by atoms with Gasteiger partial charge in [-0.1, -0.05) is 0 Å². The molecule has 1 aromatic carbocycles. The first-order chi connectivity index (χ1) is 10.2. The van der Waals surface area contributed by atoms with Crippen LogP contribution in [0.15, 0.2) is 24.4 Å². The number of imidazole rings is 1. The molecule has 0 radical (unpaired) electrons. The lowest BCUT2D eigenvalue weighted by atomic mass is 10.1. The number of aromatic nitrogens is 2. The molecule has 21 heavy (non-hydrogen) atoms. The number of aryl methyl sites for hydroxylation is 1. The predicted octanol–water partition coefficient (Wildman–Crippen LogP) is 2.85. The van der Waals surface area contributed by atoms with Gasteiger partial charge in [0.25, 0.3) is 0 Å². The Kier molecular flexibility index (Phi) is 3.57. The number of hydrogen-bond acceptors (Lipinski definition) is 5. The van der Waals surface area contributed by atoms with E-state index < -0.39 is 0 Å². The van der Waals surface area contributed by atoms with Crippen LogP contribution in [0.3, 0.4) is 0 Å². The summed E-state index contributed by atoms with van der Waals surface area (Å²) in [7, 11) is 3.25. The lowest BCUT2D eigenvalue weighted by Crippen LogP contribution is -2.02. The minimum Gasteiger partial charge on any atom is -0.493 e. The number of nitrogens with zero attached hydrogens (tertiary/aromatic N) is 2. The van der Waals surface area contributed by atoms with E-state index in [-0.39, 0.29) is 0 Å². The average Bonchev–Trinajstić information content (AvgIpc) is 3.01. The van der Waals surface area contributed by atoms with Crippen LogP contribution in [0.2, 0.25) is 0 Å². The van der Waals surface area contributed by atoms with Crippen molar-refractivity contribution < 1.29 is 9.47 Å². The molecular weight excluding hydrogens is 286 g/mol. The van der Waals surface area contributed by atoms with Crippen LogP contribution in [0.4, 0.5) is 0 Å². The number of benzene rings is 1. The molecule has 0 aliphatic heterocycles. The molecule has 2 N–H and O–H groups in total. The Morgan fingerprint density at radius 3 is 2.67 bits per heavy atom. The summed E-state index contributed by atoms with van der Waals surface area (Å²) in [6.07, 6.45) is 2.07. The summed E-state index contributed by atoms with van der Waals surface area (Å²) in [5, 5.41) is 0. The molecule has 6 heteroatoms. The van der Waals surface area contributed by atoms with E-state index in [2.05, 4.69) is 17.5 Å². The molecule has 110 valence electrons. The molecule has 5 nitrogen and oxygen atoms in total. The summed E-state index contributed by atoms with van der Waals surface area (Å²) in [6, 6.07) is 5.78. The molecule has 3 aromatic rings. The van der Waals surface area contributed by atoms with Gasteiger partial charge in [0.05, 0.1) is 25.6 Å². The van der Waals surface area contributed by atoms with Gasteiger partial charge in [-0.15, -0.1) is 11.3 Å². The van der Waals surface area contributed by atoms with Gasteiger partial charge >= 0.3 is 0 Å². The highest BCUT2D eigenvalue weighted by Gasteiger charge is 2.16. The maximum absolute atomic E-state index is 5.92. The number of methoxy groups -OCH3 is 2. The van der Waals surface area contributed by atoms with Crippen molar-refractivity contribution >= 4 is 16.3 Å². The second-order valence-corrected chi connectivity index (χ2v) is 5.89. The Labute approximate surface area is 126 Å². The third-order valence-corrected chi connectivity index (χ3v) is 4.29. The van der Waals surface area contributed by atoms with Gasteiger partial charge in [-0.25, -0.2) is 4.98 Å². The number of thiazole rings is 1. The van der Waals surface area contributed by atoms with Gasteiger partial charge in [0, 0.05) is 23.2 Å². The molecule has 0 spiro atoms. The zero-order valence-corrected chi connectivity index (χ0v) is 13.0. The Morgan fingerprint density at radius 2 is 2.00 bits per heavy atom. The first-order valence-corrected chi connectivity index (χ1v) is 7.39. The summed E-state index contributed by atoms with van der Waals surface area (Å²) in [4.78, 5) is 6.88. The minimum atomic E-state index is 0.432. The van der Waals surface area contributed by atoms with Gasteiger partial charge in [0.2, 0.25) is 0 Å². The number of ether oxygens (including phenoxy) is 2. The van der Waals surface area contributed by atoms with Crippen molar-refractivity contribution in [3.05, 3.63) is 35.0 Å². The molecule has 0 fully saturated rings. The highest BCUT2D eigenvalue weighted by atomic mass is 32.1. The zero-order chi connectivity index (χ0) is 15.0. The van der Waals surface area contributed by atoms with Crippen molar-refractivity contribution in [3.63, 3.8) is 0 Å². The van der Waals surface area contributed by atoms with Crippen LogP contribution in [0.25, 0.3) is 16.2 Å². The van der Waals surface area contributed by atoms with Crippen LogP contribution >= 0.6 is 11.3 Å². The molecule has 0 bridgehead atoms. The molecule has 2 heterocycles. The number of rotatable bonds is 4. The van der Waals surface area contributed by atoms with E-state index in [0.717, 1.165) is 21.9 Å². The van der Waals surface area contributed by atoms with Gasteiger partial charge in [0.15, 0.2) is 16.5 Å². The summed E-state index contributed by atoms with van der Waals surface area (Å²) in [6.45, 7) is 2.50. The van der Waals surface area contributed by atoms with Crippen LogP contribution in [0, 0.1) is 6.92 Å². The van der Waals surface area contributed by atoms with E-state index in [1.54, 1.807) is 25.6 Å². The van der Waals surface area contributed by atoms with E-state index >= 15 is 0 Å². The molecule has 2 aromatic heterocycles. The second kappa shape index (κ2) is 5.38. The molecule has 0 atom stereocenters. The predicted molar refractivity (Wildman–Crippen MR) is 84.2 cm³/mol. The van der Waals surface area contributed by atoms with Crippen LogP contribution in [0.1, 0.15) is 10.6 Å². The van der Waals surface area contributed by atoms with E-state index in [0.29, 0.717) is 18.0 Å². The summed E-state index contributed by atoms with van der Waals surface area (Å²) >= 11 is 1.66. The highest BCUT2D eigenvalue weighted by molar-refractivity contribution is 7.17. The van der Waals surface area contributed by atoms with E-state index in [1.165, 1.54) is 4.88 Å². The third kappa shape index (κ3) is 2.26. The fraction of sp³-hybridized carbons (Fsp3) is 0.267. The summed E-state index contributed by atoms with van der Waals surface area (Å²) in [5.41, 5.74) is 8.79. The number of nitrogens with two attached hydrogens (primary N) is 1. The van der Waals surface area contributed by atoms with Crippen LogP contribution in [-0.2, 0) is 6.54 Å². The van der Waals surface area contributed by atoms with Crippen molar-refractivity contribution in [2.45, 2.75) is 13.5 Å². The topological polar surface area (TPSA) is 61.8 Å². The molecule has 0 unspecified atom stereocenters. The monoisotopic (exact) mass is 303 g/mol. The average molecular weight is 303 g/mol. The lowest BCUT2D eigenvalue weighted by molar-refractivity contribution is 0.355. The second-order valence-electron chi connectivity index (χ2n) is 4.68. The number of fused-ring (bicyclic) bond motifs is 1. The Balaban J connectivity index is 2.17. The largest absolute Gasteiger partial charge is 0.493 e. The molecule has 0 amide bonds. The van der Waals surface area contributed by atoms with Crippen LogP contribution in [-0.4, -0.2) is 23.6 Å². The van der Waals surface area contributed by atoms with Gasteiger partial charge in [-0.3, -0.25) is 4.40 Å². The first-order valence-electron chi connectivity index (χ1n) is 6.57. The van der Waals surface area contributed by atoms with Crippen LogP contribution < -0.4 is 15.2 Å². The maximum Gasteiger partial charge on any atom is 0.194 e.